The van der Waals surface area contributed by atoms with Gasteiger partial charge in [-0.25, -0.2) is 4.39 Å². The van der Waals surface area contributed by atoms with E-state index in [-0.39, 0.29) is 10.8 Å². The topological polar surface area (TPSA) is 26.0 Å². The molecular weight excluding hydrogens is 189 g/mol. The number of hydrogen-bond acceptors (Lipinski definition) is 1. The van der Waals surface area contributed by atoms with Crippen LogP contribution in [0.1, 0.15) is 18.4 Å². The van der Waals surface area contributed by atoms with E-state index in [1.807, 2.05) is 0 Å². The standard InChI is InChI=1S/C10H13ClFN/c11-9-7-8(3-1-2-6-13)4-5-10(9)12/h4-5,7H,1-3,6,13H2. The second kappa shape index (κ2) is 5.20. The average molecular weight is 202 g/mol. The summed E-state index contributed by atoms with van der Waals surface area (Å²) < 4.78 is 12.7. The van der Waals surface area contributed by atoms with Crippen LogP contribution in [0.25, 0.3) is 0 Å². The molecule has 1 nitrogen and oxygen atoms in total. The second-order valence-electron chi connectivity index (χ2n) is 2.99. The van der Waals surface area contributed by atoms with Gasteiger partial charge in [0.05, 0.1) is 5.02 Å². The molecule has 2 N–H and O–H groups in total. The van der Waals surface area contributed by atoms with Gasteiger partial charge in [0, 0.05) is 0 Å². The Morgan fingerprint density at radius 2 is 2.08 bits per heavy atom. The summed E-state index contributed by atoms with van der Waals surface area (Å²) >= 11 is 5.63. The van der Waals surface area contributed by atoms with Crippen molar-refractivity contribution < 1.29 is 4.39 Å². The summed E-state index contributed by atoms with van der Waals surface area (Å²) in [5.74, 6) is -0.357. The number of benzene rings is 1. The van der Waals surface area contributed by atoms with Crippen molar-refractivity contribution in [2.75, 3.05) is 6.54 Å². The van der Waals surface area contributed by atoms with Gasteiger partial charge in [-0.1, -0.05) is 17.7 Å². The zero-order valence-corrected chi connectivity index (χ0v) is 8.15. The number of aryl methyl sites for hydroxylation is 1. The molecule has 3 heteroatoms. The monoisotopic (exact) mass is 201 g/mol. The van der Waals surface area contributed by atoms with Gasteiger partial charge in [0.25, 0.3) is 0 Å². The van der Waals surface area contributed by atoms with Crippen molar-refractivity contribution in [3.05, 3.63) is 34.6 Å². The van der Waals surface area contributed by atoms with Gasteiger partial charge in [0.15, 0.2) is 0 Å². The third-order valence-corrected chi connectivity index (χ3v) is 2.19. The van der Waals surface area contributed by atoms with E-state index in [4.69, 9.17) is 17.3 Å². The van der Waals surface area contributed by atoms with Gasteiger partial charge in [-0.3, -0.25) is 0 Å². The predicted octanol–water partition coefficient (Wildman–Crippen LogP) is 2.76. The zero-order chi connectivity index (χ0) is 9.68. The highest BCUT2D eigenvalue weighted by Crippen LogP contribution is 2.17. The molecule has 0 bridgehead atoms. The van der Waals surface area contributed by atoms with Gasteiger partial charge in [0.2, 0.25) is 0 Å². The maximum absolute atomic E-state index is 12.7. The molecule has 0 aliphatic carbocycles. The van der Waals surface area contributed by atoms with E-state index < -0.39 is 0 Å². The van der Waals surface area contributed by atoms with E-state index in [0.717, 1.165) is 24.8 Å². The molecule has 1 aromatic rings. The Balaban J connectivity index is 2.53. The molecule has 0 saturated carbocycles. The molecule has 0 unspecified atom stereocenters. The van der Waals surface area contributed by atoms with E-state index in [2.05, 4.69) is 0 Å². The summed E-state index contributed by atoms with van der Waals surface area (Å²) in [6.07, 6.45) is 2.94. The summed E-state index contributed by atoms with van der Waals surface area (Å²) in [5.41, 5.74) is 6.43. The van der Waals surface area contributed by atoms with Crippen LogP contribution < -0.4 is 5.73 Å². The first-order valence-corrected chi connectivity index (χ1v) is 4.76. The van der Waals surface area contributed by atoms with Gasteiger partial charge in [-0.15, -0.1) is 0 Å². The van der Waals surface area contributed by atoms with Crippen LogP contribution in [-0.4, -0.2) is 6.54 Å². The van der Waals surface area contributed by atoms with Crippen LogP contribution in [0.2, 0.25) is 5.02 Å². The molecule has 1 rings (SSSR count). The van der Waals surface area contributed by atoms with Crippen LogP contribution in [0.4, 0.5) is 4.39 Å². The molecule has 0 heterocycles. The minimum atomic E-state index is -0.357. The zero-order valence-electron chi connectivity index (χ0n) is 7.39. The smallest absolute Gasteiger partial charge is 0.141 e. The first-order chi connectivity index (χ1) is 6.24. The summed E-state index contributed by atoms with van der Waals surface area (Å²) in [4.78, 5) is 0. The van der Waals surface area contributed by atoms with Crippen LogP contribution >= 0.6 is 11.6 Å². The van der Waals surface area contributed by atoms with Crippen molar-refractivity contribution in [3.63, 3.8) is 0 Å². The summed E-state index contributed by atoms with van der Waals surface area (Å²) in [5, 5.41) is 0.199. The van der Waals surface area contributed by atoms with Crippen molar-refractivity contribution in [1.82, 2.24) is 0 Å². The van der Waals surface area contributed by atoms with E-state index >= 15 is 0 Å². The van der Waals surface area contributed by atoms with Crippen molar-refractivity contribution in [2.45, 2.75) is 19.3 Å². The molecule has 0 aliphatic heterocycles. The third-order valence-electron chi connectivity index (χ3n) is 1.90. The van der Waals surface area contributed by atoms with Crippen LogP contribution in [0.5, 0.6) is 0 Å². The third kappa shape index (κ3) is 3.33. The lowest BCUT2D eigenvalue weighted by Gasteiger charge is -2.01. The van der Waals surface area contributed by atoms with Gasteiger partial charge >= 0.3 is 0 Å². The Morgan fingerprint density at radius 3 is 2.69 bits per heavy atom. The van der Waals surface area contributed by atoms with Crippen molar-refractivity contribution in [1.29, 1.82) is 0 Å². The molecule has 0 saturated heterocycles. The molecular formula is C10H13ClFN. The molecule has 0 fully saturated rings. The van der Waals surface area contributed by atoms with E-state index in [0.29, 0.717) is 6.54 Å². The molecule has 1 aromatic carbocycles. The molecule has 0 aromatic heterocycles. The van der Waals surface area contributed by atoms with Crippen molar-refractivity contribution in [3.8, 4) is 0 Å². The first kappa shape index (κ1) is 10.5. The van der Waals surface area contributed by atoms with Crippen LogP contribution in [-0.2, 0) is 6.42 Å². The highest BCUT2D eigenvalue weighted by molar-refractivity contribution is 6.30. The lowest BCUT2D eigenvalue weighted by Crippen LogP contribution is -1.99. The first-order valence-electron chi connectivity index (χ1n) is 4.38. The van der Waals surface area contributed by atoms with Crippen molar-refractivity contribution >= 4 is 11.6 Å². The Morgan fingerprint density at radius 1 is 1.31 bits per heavy atom. The summed E-state index contributed by atoms with van der Waals surface area (Å²) in [6.45, 7) is 0.703. The average Bonchev–Trinajstić information content (AvgIpc) is 2.12. The van der Waals surface area contributed by atoms with Crippen LogP contribution in [0, 0.1) is 5.82 Å². The van der Waals surface area contributed by atoms with E-state index in [1.54, 1.807) is 12.1 Å². The number of hydrogen-bond donors (Lipinski definition) is 1. The minimum Gasteiger partial charge on any atom is -0.330 e. The second-order valence-corrected chi connectivity index (χ2v) is 3.40. The summed E-state index contributed by atoms with van der Waals surface area (Å²) in [6, 6.07) is 4.84. The molecule has 0 atom stereocenters. The Bertz CT molecular complexity index is 276. The molecule has 72 valence electrons. The molecule has 13 heavy (non-hydrogen) atoms. The van der Waals surface area contributed by atoms with Gasteiger partial charge in [-0.05, 0) is 43.5 Å². The predicted molar refractivity (Wildman–Crippen MR) is 53.4 cm³/mol. The largest absolute Gasteiger partial charge is 0.330 e. The molecule has 0 aliphatic rings. The number of rotatable bonds is 4. The van der Waals surface area contributed by atoms with Gasteiger partial charge < -0.3 is 5.73 Å². The SMILES string of the molecule is NCCCCc1ccc(F)c(Cl)c1. The fourth-order valence-corrected chi connectivity index (χ4v) is 1.37. The number of nitrogens with two attached hydrogens (primary N) is 1. The molecule has 0 spiro atoms. The summed E-state index contributed by atoms with van der Waals surface area (Å²) in [7, 11) is 0. The van der Waals surface area contributed by atoms with Gasteiger partial charge in [-0.2, -0.15) is 0 Å². The fourth-order valence-electron chi connectivity index (χ4n) is 1.17. The van der Waals surface area contributed by atoms with Crippen LogP contribution in [0.3, 0.4) is 0 Å². The maximum atomic E-state index is 12.7. The lowest BCUT2D eigenvalue weighted by molar-refractivity contribution is 0.626. The Labute approximate surface area is 82.7 Å². The number of halogens is 2. The quantitative estimate of drug-likeness (QED) is 0.745. The number of unbranched alkanes of at least 4 members (excludes halogenated alkanes) is 1. The normalized spacial score (nSPS) is 10.4. The van der Waals surface area contributed by atoms with Crippen LogP contribution in [0.15, 0.2) is 18.2 Å². The maximum Gasteiger partial charge on any atom is 0.141 e. The highest BCUT2D eigenvalue weighted by Gasteiger charge is 2.00. The fraction of sp³-hybridized carbons (Fsp3) is 0.400. The minimum absolute atomic E-state index is 0.199. The molecule has 0 amide bonds. The Hall–Kier alpha value is -0.600. The lowest BCUT2D eigenvalue weighted by atomic mass is 10.1. The molecule has 0 radical (unpaired) electrons. The van der Waals surface area contributed by atoms with Gasteiger partial charge in [0.1, 0.15) is 5.82 Å². The highest BCUT2D eigenvalue weighted by atomic mass is 35.5. The van der Waals surface area contributed by atoms with E-state index in [1.165, 1.54) is 6.07 Å². The van der Waals surface area contributed by atoms with E-state index in [9.17, 15) is 4.39 Å². The van der Waals surface area contributed by atoms with Crippen molar-refractivity contribution in [2.24, 2.45) is 5.73 Å². The Kier molecular flexibility index (Phi) is 4.19.